The lowest BCUT2D eigenvalue weighted by molar-refractivity contribution is -0.384. The minimum atomic E-state index is -0.523. The molecule has 2 aromatic carbocycles. The highest BCUT2D eigenvalue weighted by Gasteiger charge is 2.13. The van der Waals surface area contributed by atoms with Gasteiger partial charge in [-0.2, -0.15) is 5.10 Å². The maximum Gasteiger partial charge on any atom is 0.294 e. The summed E-state index contributed by atoms with van der Waals surface area (Å²) in [5.41, 5.74) is 3.14. The molecule has 5 N–H and O–H groups in total. The summed E-state index contributed by atoms with van der Waals surface area (Å²) in [5.74, 6) is -0.249. The van der Waals surface area contributed by atoms with Crippen LogP contribution in [-0.4, -0.2) is 26.3 Å². The predicted molar refractivity (Wildman–Crippen MR) is 82.3 cm³/mol. The maximum atomic E-state index is 10.9. The number of phenols is 2. The van der Waals surface area contributed by atoms with Crippen LogP contribution in [0.15, 0.2) is 47.6 Å². The Labute approximate surface area is 125 Å². The molecule has 0 aliphatic heterocycles. The molecule has 0 spiro atoms. The molecule has 0 aromatic heterocycles. The zero-order valence-corrected chi connectivity index (χ0v) is 11.6. The average molecular weight is 305 g/mol. The van der Waals surface area contributed by atoms with Crippen molar-refractivity contribution in [1.82, 2.24) is 0 Å². The summed E-state index contributed by atoms with van der Waals surface area (Å²) in [6.45, 7) is 1.57. The molecule has 0 saturated heterocycles. The Hall–Kier alpha value is -3.13. The van der Waals surface area contributed by atoms with Crippen LogP contribution >= 0.6 is 0 Å². The molecule has 0 fully saturated rings. The molecule has 0 saturated carbocycles. The Morgan fingerprint density at radius 3 is 2.32 bits per heavy atom. The van der Waals surface area contributed by atoms with Gasteiger partial charge in [-0.15, -0.1) is 0 Å². The van der Waals surface area contributed by atoms with E-state index in [1.165, 1.54) is 30.3 Å². The van der Waals surface area contributed by atoms with E-state index >= 15 is 0 Å². The summed E-state index contributed by atoms with van der Waals surface area (Å²) in [4.78, 5) is 10.4. The van der Waals surface area contributed by atoms with Crippen molar-refractivity contribution >= 4 is 17.1 Å². The Morgan fingerprint density at radius 1 is 1.14 bits per heavy atom. The number of nitrogens with one attached hydrogen (secondary N) is 1. The Bertz CT molecular complexity index is 695. The van der Waals surface area contributed by atoms with Gasteiger partial charge in [0.2, 0.25) is 0 Å². The van der Waals surface area contributed by atoms with E-state index in [1.807, 2.05) is 0 Å². The topological polar surface area (TPSA) is 139 Å². The zero-order valence-electron chi connectivity index (χ0n) is 11.6. The molecule has 116 valence electrons. The second-order valence-electron chi connectivity index (χ2n) is 4.25. The molecule has 8 nitrogen and oxygen atoms in total. The largest absolute Gasteiger partial charge is 0.507 e. The lowest BCUT2D eigenvalue weighted by atomic mass is 10.1. The van der Waals surface area contributed by atoms with E-state index in [-0.39, 0.29) is 33.9 Å². The van der Waals surface area contributed by atoms with Crippen LogP contribution in [0, 0.1) is 10.1 Å². The number of rotatable bonds is 4. The molecule has 0 radical (unpaired) electrons. The summed E-state index contributed by atoms with van der Waals surface area (Å²) < 4.78 is 0. The van der Waals surface area contributed by atoms with Gasteiger partial charge in [-0.25, -0.2) is 0 Å². The van der Waals surface area contributed by atoms with Gasteiger partial charge in [0.1, 0.15) is 17.2 Å². The van der Waals surface area contributed by atoms with Crippen molar-refractivity contribution in [3.8, 4) is 11.5 Å². The fraction of sp³-hybridized carbons (Fsp3) is 0.0714. The van der Waals surface area contributed by atoms with Crippen molar-refractivity contribution in [2.45, 2.75) is 6.92 Å². The first kappa shape index (κ1) is 16.9. The third-order valence-corrected chi connectivity index (χ3v) is 2.83. The number of phenolic OH excluding ortho intramolecular Hbond substituents is 2. The van der Waals surface area contributed by atoms with Crippen LogP contribution in [0.25, 0.3) is 0 Å². The van der Waals surface area contributed by atoms with Gasteiger partial charge in [-0.1, -0.05) is 18.2 Å². The first-order valence-electron chi connectivity index (χ1n) is 6.05. The van der Waals surface area contributed by atoms with Crippen LogP contribution in [0.1, 0.15) is 12.5 Å². The van der Waals surface area contributed by atoms with E-state index in [1.54, 1.807) is 19.1 Å². The van der Waals surface area contributed by atoms with E-state index in [0.717, 1.165) is 0 Å². The predicted octanol–water partition coefficient (Wildman–Crippen LogP) is 2.02. The smallest absolute Gasteiger partial charge is 0.294 e. The standard InChI is InChI=1S/C14H13N3O4.H2O/c1-9(14-12(18)7-4-8-13(14)19)15-16-10-5-2-3-6-11(10)17(20)21;/h2-8,16,18-19H,1H3;1H2/b15-9+;. The van der Waals surface area contributed by atoms with Crippen molar-refractivity contribution in [3.05, 3.63) is 58.1 Å². The second kappa shape index (κ2) is 7.04. The van der Waals surface area contributed by atoms with E-state index < -0.39 is 4.92 Å². The summed E-state index contributed by atoms with van der Waals surface area (Å²) in [6, 6.07) is 10.4. The van der Waals surface area contributed by atoms with Gasteiger partial charge in [0.25, 0.3) is 5.69 Å². The Kier molecular flexibility index (Phi) is 5.42. The number of hydrazone groups is 1. The molecule has 0 amide bonds. The number of anilines is 1. The Morgan fingerprint density at radius 2 is 1.73 bits per heavy atom. The molecule has 0 unspecified atom stereocenters. The summed E-state index contributed by atoms with van der Waals surface area (Å²) in [5, 5.41) is 34.3. The van der Waals surface area contributed by atoms with Crippen LogP contribution in [0.5, 0.6) is 11.5 Å². The number of nitro benzene ring substituents is 1. The first-order valence-corrected chi connectivity index (χ1v) is 6.05. The van der Waals surface area contributed by atoms with Gasteiger partial charge < -0.3 is 15.7 Å². The number of nitrogens with zero attached hydrogens (tertiary/aromatic N) is 2. The SMILES string of the molecule is C/C(=N\Nc1ccccc1[N+](=O)[O-])c1c(O)cccc1O.O. The molecular weight excluding hydrogens is 290 g/mol. The number of para-hydroxylation sites is 2. The van der Waals surface area contributed by atoms with Crippen molar-refractivity contribution in [2.75, 3.05) is 5.43 Å². The van der Waals surface area contributed by atoms with Gasteiger partial charge in [-0.3, -0.25) is 15.5 Å². The first-order chi connectivity index (χ1) is 10.0. The minimum Gasteiger partial charge on any atom is -0.507 e. The van der Waals surface area contributed by atoms with Crippen molar-refractivity contribution in [3.63, 3.8) is 0 Å². The third kappa shape index (κ3) is 3.49. The van der Waals surface area contributed by atoms with Crippen molar-refractivity contribution < 1.29 is 20.6 Å². The summed E-state index contributed by atoms with van der Waals surface area (Å²) >= 11 is 0. The van der Waals surface area contributed by atoms with Crippen molar-refractivity contribution in [2.24, 2.45) is 5.10 Å². The average Bonchev–Trinajstić information content (AvgIpc) is 2.45. The lowest BCUT2D eigenvalue weighted by Gasteiger charge is -2.07. The highest BCUT2D eigenvalue weighted by Crippen LogP contribution is 2.28. The summed E-state index contributed by atoms with van der Waals surface area (Å²) in [6.07, 6.45) is 0. The van der Waals surface area contributed by atoms with Crippen LogP contribution in [-0.2, 0) is 0 Å². The number of hydrogen-bond acceptors (Lipinski definition) is 6. The van der Waals surface area contributed by atoms with E-state index in [2.05, 4.69) is 10.5 Å². The normalized spacial score (nSPS) is 10.7. The summed E-state index contributed by atoms with van der Waals surface area (Å²) in [7, 11) is 0. The monoisotopic (exact) mass is 305 g/mol. The zero-order chi connectivity index (χ0) is 15.4. The van der Waals surface area contributed by atoms with E-state index in [9.17, 15) is 20.3 Å². The van der Waals surface area contributed by atoms with Crippen LogP contribution in [0.4, 0.5) is 11.4 Å². The third-order valence-electron chi connectivity index (χ3n) is 2.83. The van der Waals surface area contributed by atoms with Gasteiger partial charge in [0, 0.05) is 6.07 Å². The quantitative estimate of drug-likeness (QED) is 0.450. The number of benzene rings is 2. The number of hydrogen-bond donors (Lipinski definition) is 3. The van der Waals surface area contributed by atoms with Gasteiger partial charge in [0.15, 0.2) is 0 Å². The number of nitro groups is 1. The second-order valence-corrected chi connectivity index (χ2v) is 4.25. The van der Waals surface area contributed by atoms with E-state index in [4.69, 9.17) is 0 Å². The van der Waals surface area contributed by atoms with Crippen LogP contribution in [0.2, 0.25) is 0 Å². The molecule has 0 atom stereocenters. The molecule has 0 aliphatic carbocycles. The molecule has 22 heavy (non-hydrogen) atoms. The fourth-order valence-electron chi connectivity index (χ4n) is 1.83. The minimum absolute atomic E-state index is 0. The van der Waals surface area contributed by atoms with Gasteiger partial charge >= 0.3 is 0 Å². The molecule has 0 bridgehead atoms. The molecule has 2 aromatic rings. The van der Waals surface area contributed by atoms with Crippen LogP contribution in [0.3, 0.4) is 0 Å². The highest BCUT2D eigenvalue weighted by atomic mass is 16.6. The highest BCUT2D eigenvalue weighted by molar-refractivity contribution is 6.03. The maximum absolute atomic E-state index is 10.9. The molecule has 8 heteroatoms. The van der Waals surface area contributed by atoms with E-state index in [0.29, 0.717) is 5.71 Å². The molecule has 0 aliphatic rings. The molecular formula is C14H15N3O5. The fourth-order valence-corrected chi connectivity index (χ4v) is 1.83. The lowest BCUT2D eigenvalue weighted by Crippen LogP contribution is -2.02. The van der Waals surface area contributed by atoms with Crippen LogP contribution < -0.4 is 5.43 Å². The van der Waals surface area contributed by atoms with Gasteiger partial charge in [-0.05, 0) is 25.1 Å². The van der Waals surface area contributed by atoms with Crippen molar-refractivity contribution in [1.29, 1.82) is 0 Å². The molecule has 0 heterocycles. The number of aromatic hydroxyl groups is 2. The molecule has 2 rings (SSSR count). The Balaban J connectivity index is 0.00000242. The van der Waals surface area contributed by atoms with Gasteiger partial charge in [0.05, 0.1) is 16.2 Å².